The van der Waals surface area contributed by atoms with E-state index in [0.29, 0.717) is 17.8 Å². The minimum absolute atomic E-state index is 0.00625. The standard InChI is InChI=1S/C23H35N5O2/c1-5-6-15-11-17(12-15)27(4)13-16-7-9-23(19(16)29-22(2,3)30-23)28-10-8-18-20(24)25-14-26-21(18)28/h8,10,14-17,19H,5-7,9,11-13H2,1-4H3,(H2,24,25,26)/t15?,16-,17?,19-,23-/m1/s1. The lowest BCUT2D eigenvalue weighted by atomic mass is 9.76. The summed E-state index contributed by atoms with van der Waals surface area (Å²) in [6, 6.07) is 2.71. The van der Waals surface area contributed by atoms with E-state index < -0.39 is 11.5 Å². The van der Waals surface area contributed by atoms with Crippen LogP contribution in [0.4, 0.5) is 5.82 Å². The molecule has 3 aliphatic rings. The van der Waals surface area contributed by atoms with Crippen LogP contribution >= 0.6 is 0 Å². The summed E-state index contributed by atoms with van der Waals surface area (Å²) in [4.78, 5) is 11.2. The first kappa shape index (κ1) is 20.2. The smallest absolute Gasteiger partial charge is 0.176 e. The molecule has 30 heavy (non-hydrogen) atoms. The van der Waals surface area contributed by atoms with E-state index >= 15 is 0 Å². The average molecular weight is 414 g/mol. The summed E-state index contributed by atoms with van der Waals surface area (Å²) in [7, 11) is 2.28. The van der Waals surface area contributed by atoms with Gasteiger partial charge in [0.2, 0.25) is 0 Å². The summed E-state index contributed by atoms with van der Waals surface area (Å²) < 4.78 is 15.3. The van der Waals surface area contributed by atoms with E-state index in [4.69, 9.17) is 15.2 Å². The molecular formula is C23H35N5O2. The minimum Gasteiger partial charge on any atom is -0.383 e. The van der Waals surface area contributed by atoms with Crippen LogP contribution in [0.25, 0.3) is 11.0 Å². The molecule has 3 heterocycles. The van der Waals surface area contributed by atoms with Gasteiger partial charge in [0.15, 0.2) is 11.5 Å². The first-order valence-electron chi connectivity index (χ1n) is 11.5. The monoisotopic (exact) mass is 413 g/mol. The fraction of sp³-hybridized carbons (Fsp3) is 0.739. The van der Waals surface area contributed by atoms with Crippen LogP contribution in [0.3, 0.4) is 0 Å². The van der Waals surface area contributed by atoms with Gasteiger partial charge in [0, 0.05) is 24.7 Å². The van der Waals surface area contributed by atoms with Crippen molar-refractivity contribution in [1.82, 2.24) is 19.4 Å². The van der Waals surface area contributed by atoms with Crippen LogP contribution in [0.2, 0.25) is 0 Å². The van der Waals surface area contributed by atoms with Gasteiger partial charge < -0.3 is 24.7 Å². The van der Waals surface area contributed by atoms with Crippen molar-refractivity contribution in [2.75, 3.05) is 19.3 Å². The average Bonchev–Trinajstić information content (AvgIpc) is 3.29. The Morgan fingerprint density at radius 1 is 1.30 bits per heavy atom. The molecule has 0 aromatic carbocycles. The lowest BCUT2D eigenvalue weighted by molar-refractivity contribution is -0.187. The van der Waals surface area contributed by atoms with Gasteiger partial charge in [0.05, 0.1) is 5.39 Å². The molecule has 164 valence electrons. The zero-order valence-corrected chi connectivity index (χ0v) is 18.7. The molecule has 2 aromatic heterocycles. The molecule has 2 aromatic rings. The Labute approximate surface area is 178 Å². The van der Waals surface area contributed by atoms with Gasteiger partial charge in [0.1, 0.15) is 23.9 Å². The summed E-state index contributed by atoms with van der Waals surface area (Å²) >= 11 is 0. The molecule has 2 N–H and O–H groups in total. The van der Waals surface area contributed by atoms with E-state index in [9.17, 15) is 0 Å². The molecule has 2 saturated carbocycles. The molecule has 1 aliphatic heterocycles. The van der Waals surface area contributed by atoms with Gasteiger partial charge >= 0.3 is 0 Å². The number of hydrogen-bond acceptors (Lipinski definition) is 6. The van der Waals surface area contributed by atoms with E-state index in [1.807, 2.05) is 26.1 Å². The van der Waals surface area contributed by atoms with Crippen molar-refractivity contribution in [2.24, 2.45) is 11.8 Å². The zero-order chi connectivity index (χ0) is 21.1. The highest BCUT2D eigenvalue weighted by molar-refractivity contribution is 5.86. The number of nitrogen functional groups attached to an aromatic ring is 1. The highest BCUT2D eigenvalue weighted by Crippen LogP contribution is 2.53. The lowest BCUT2D eigenvalue weighted by Gasteiger charge is -2.43. The molecule has 1 saturated heterocycles. The molecule has 7 nitrogen and oxygen atoms in total. The lowest BCUT2D eigenvalue weighted by Crippen LogP contribution is -2.47. The third-order valence-electron chi connectivity index (χ3n) is 7.55. The normalized spacial score (nSPS) is 35.1. The number of nitrogens with zero attached hydrogens (tertiary/aromatic N) is 4. The summed E-state index contributed by atoms with van der Waals surface area (Å²) in [5.74, 6) is 1.23. The van der Waals surface area contributed by atoms with E-state index in [-0.39, 0.29) is 6.10 Å². The molecule has 3 fully saturated rings. The number of hydrogen-bond donors (Lipinski definition) is 1. The maximum atomic E-state index is 6.64. The number of nitrogens with two attached hydrogens (primary N) is 1. The van der Waals surface area contributed by atoms with Crippen LogP contribution in [0.15, 0.2) is 18.6 Å². The van der Waals surface area contributed by atoms with Crippen molar-refractivity contribution in [2.45, 2.75) is 83.0 Å². The third kappa shape index (κ3) is 3.13. The molecular weight excluding hydrogens is 378 g/mol. The van der Waals surface area contributed by atoms with Crippen molar-refractivity contribution >= 4 is 16.9 Å². The van der Waals surface area contributed by atoms with Crippen molar-refractivity contribution in [3.8, 4) is 0 Å². The molecule has 2 aliphatic carbocycles. The van der Waals surface area contributed by atoms with Crippen LogP contribution in [-0.2, 0) is 15.2 Å². The van der Waals surface area contributed by atoms with Crippen LogP contribution in [0, 0.1) is 11.8 Å². The van der Waals surface area contributed by atoms with Crippen LogP contribution < -0.4 is 5.73 Å². The van der Waals surface area contributed by atoms with Crippen molar-refractivity contribution in [1.29, 1.82) is 0 Å². The Morgan fingerprint density at radius 2 is 2.10 bits per heavy atom. The van der Waals surface area contributed by atoms with Gasteiger partial charge in [-0.05, 0) is 58.6 Å². The summed E-state index contributed by atoms with van der Waals surface area (Å²) in [5, 5.41) is 0.871. The maximum absolute atomic E-state index is 6.64. The topological polar surface area (TPSA) is 78.4 Å². The summed E-state index contributed by atoms with van der Waals surface area (Å²) in [6.45, 7) is 7.37. The Kier molecular flexibility index (Phi) is 4.84. The number of fused-ring (bicyclic) bond motifs is 2. The van der Waals surface area contributed by atoms with E-state index in [2.05, 4.69) is 33.4 Å². The van der Waals surface area contributed by atoms with Gasteiger partial charge in [-0.25, -0.2) is 9.97 Å². The molecule has 5 rings (SSSR count). The molecule has 7 heteroatoms. The fourth-order valence-electron chi connectivity index (χ4n) is 6.10. The number of rotatable bonds is 6. The van der Waals surface area contributed by atoms with Crippen LogP contribution in [0.5, 0.6) is 0 Å². The molecule has 0 unspecified atom stereocenters. The number of anilines is 1. The highest BCUT2D eigenvalue weighted by atomic mass is 16.8. The van der Waals surface area contributed by atoms with Gasteiger partial charge in [-0.2, -0.15) is 0 Å². The van der Waals surface area contributed by atoms with Crippen LogP contribution in [-0.4, -0.2) is 51.0 Å². The highest BCUT2D eigenvalue weighted by Gasteiger charge is 2.61. The van der Waals surface area contributed by atoms with Gasteiger partial charge in [-0.3, -0.25) is 0 Å². The Morgan fingerprint density at radius 3 is 2.87 bits per heavy atom. The quantitative estimate of drug-likeness (QED) is 0.777. The number of ether oxygens (including phenoxy) is 2. The first-order chi connectivity index (χ1) is 14.3. The third-order valence-corrected chi connectivity index (χ3v) is 7.55. The maximum Gasteiger partial charge on any atom is 0.176 e. The Hall–Kier alpha value is -1.70. The second-order valence-electron chi connectivity index (χ2n) is 10.1. The van der Waals surface area contributed by atoms with Gasteiger partial charge in [0.25, 0.3) is 0 Å². The van der Waals surface area contributed by atoms with Crippen molar-refractivity contribution in [3.05, 3.63) is 18.6 Å². The second-order valence-corrected chi connectivity index (χ2v) is 10.1. The predicted octanol–water partition coefficient (Wildman–Crippen LogP) is 3.74. The minimum atomic E-state index is -0.625. The van der Waals surface area contributed by atoms with Crippen molar-refractivity contribution in [3.63, 3.8) is 0 Å². The SMILES string of the molecule is CCCC1CC(N(C)C[C@H]2CC[C@@]3(n4ccc5c(N)ncnc54)OC(C)(C)O[C@H]23)C1. The Bertz CT molecular complexity index is 921. The van der Waals surface area contributed by atoms with Crippen LogP contribution in [0.1, 0.15) is 59.3 Å². The van der Waals surface area contributed by atoms with E-state index in [1.54, 1.807) is 0 Å². The second kappa shape index (κ2) is 7.18. The predicted molar refractivity (Wildman–Crippen MR) is 117 cm³/mol. The molecule has 0 amide bonds. The Balaban J connectivity index is 1.39. The largest absolute Gasteiger partial charge is 0.383 e. The fourth-order valence-corrected chi connectivity index (χ4v) is 6.10. The van der Waals surface area contributed by atoms with Gasteiger partial charge in [-0.1, -0.05) is 19.8 Å². The molecule has 0 radical (unpaired) electrons. The molecule has 3 atom stereocenters. The zero-order valence-electron chi connectivity index (χ0n) is 18.7. The van der Waals surface area contributed by atoms with Gasteiger partial charge in [-0.15, -0.1) is 0 Å². The summed E-state index contributed by atoms with van der Waals surface area (Å²) in [5.41, 5.74) is 6.38. The first-order valence-corrected chi connectivity index (χ1v) is 11.5. The summed E-state index contributed by atoms with van der Waals surface area (Å²) in [6.07, 6.45) is 10.9. The van der Waals surface area contributed by atoms with E-state index in [1.165, 1.54) is 32.0 Å². The van der Waals surface area contributed by atoms with Crippen molar-refractivity contribution < 1.29 is 9.47 Å². The number of aromatic nitrogens is 3. The molecule has 0 bridgehead atoms. The molecule has 0 spiro atoms. The van der Waals surface area contributed by atoms with E-state index in [0.717, 1.165) is 36.3 Å².